The first-order valence-electron chi connectivity index (χ1n) is 10.4. The standard InChI is InChI=1S/C23H26N2O6S2/c1-5-31-22(27)14-25-19-11-8-17(30-4)13-20(19)32-23(25)24-21(26)12-16-6-9-18(10-7-16)33(28,29)15(2)3/h6-11,13,15H,5,12,14H2,1-4H3. The van der Waals surface area contributed by atoms with Crippen molar-refractivity contribution in [3.05, 3.63) is 52.8 Å². The molecule has 3 rings (SSSR count). The van der Waals surface area contributed by atoms with Gasteiger partial charge in [-0.3, -0.25) is 9.59 Å². The number of rotatable bonds is 8. The number of benzene rings is 2. The summed E-state index contributed by atoms with van der Waals surface area (Å²) in [5, 5.41) is -0.526. The first-order valence-corrected chi connectivity index (χ1v) is 12.8. The van der Waals surface area contributed by atoms with Gasteiger partial charge in [0, 0.05) is 0 Å². The number of hydrogen-bond acceptors (Lipinski definition) is 7. The van der Waals surface area contributed by atoms with E-state index in [9.17, 15) is 18.0 Å². The fourth-order valence-corrected chi connectivity index (χ4v) is 5.28. The Bertz CT molecular complexity index is 1340. The first kappa shape index (κ1) is 24.7. The summed E-state index contributed by atoms with van der Waals surface area (Å²) >= 11 is 1.27. The number of fused-ring (bicyclic) bond motifs is 1. The molecule has 0 bridgehead atoms. The molecule has 0 N–H and O–H groups in total. The predicted octanol–water partition coefficient (Wildman–Crippen LogP) is 3.13. The fourth-order valence-electron chi connectivity index (χ4n) is 3.14. The highest BCUT2D eigenvalue weighted by atomic mass is 32.2. The van der Waals surface area contributed by atoms with Gasteiger partial charge in [0.15, 0.2) is 14.6 Å². The third-order valence-electron chi connectivity index (χ3n) is 4.93. The number of carbonyl (C=O) groups is 2. The molecule has 0 aliphatic rings. The van der Waals surface area contributed by atoms with Gasteiger partial charge >= 0.3 is 5.97 Å². The van der Waals surface area contributed by atoms with Crippen LogP contribution in [-0.4, -0.2) is 43.8 Å². The normalized spacial score (nSPS) is 12.3. The quantitative estimate of drug-likeness (QED) is 0.450. The van der Waals surface area contributed by atoms with Crippen molar-refractivity contribution in [1.29, 1.82) is 0 Å². The van der Waals surface area contributed by atoms with Crippen LogP contribution in [0.15, 0.2) is 52.4 Å². The number of thiazole rings is 1. The van der Waals surface area contributed by atoms with E-state index in [2.05, 4.69) is 4.99 Å². The van der Waals surface area contributed by atoms with Crippen molar-refractivity contribution < 1.29 is 27.5 Å². The average molecular weight is 491 g/mol. The molecule has 0 atom stereocenters. The Hall–Kier alpha value is -2.98. The minimum Gasteiger partial charge on any atom is -0.497 e. The van der Waals surface area contributed by atoms with E-state index in [1.54, 1.807) is 56.7 Å². The molecule has 0 aliphatic heterocycles. The molecule has 1 amide bonds. The zero-order valence-corrected chi connectivity index (χ0v) is 20.5. The molecule has 176 valence electrons. The third-order valence-corrected chi connectivity index (χ3v) is 8.14. The number of hydrogen-bond donors (Lipinski definition) is 0. The molecule has 0 spiro atoms. The number of nitrogens with zero attached hydrogens (tertiary/aromatic N) is 2. The predicted molar refractivity (Wildman–Crippen MR) is 126 cm³/mol. The van der Waals surface area contributed by atoms with E-state index < -0.39 is 27.0 Å². The zero-order chi connectivity index (χ0) is 24.2. The van der Waals surface area contributed by atoms with E-state index in [-0.39, 0.29) is 24.5 Å². The number of sulfone groups is 1. The lowest BCUT2D eigenvalue weighted by atomic mass is 10.1. The van der Waals surface area contributed by atoms with Gasteiger partial charge in [-0.1, -0.05) is 23.5 Å². The van der Waals surface area contributed by atoms with Gasteiger partial charge in [-0.05, 0) is 56.7 Å². The minimum atomic E-state index is -3.38. The van der Waals surface area contributed by atoms with Crippen molar-refractivity contribution in [1.82, 2.24) is 4.57 Å². The second-order valence-corrected chi connectivity index (χ2v) is 11.0. The van der Waals surface area contributed by atoms with Crippen LogP contribution in [0.5, 0.6) is 5.75 Å². The monoisotopic (exact) mass is 490 g/mol. The van der Waals surface area contributed by atoms with Crippen LogP contribution in [0.3, 0.4) is 0 Å². The Morgan fingerprint density at radius 2 is 1.82 bits per heavy atom. The maximum Gasteiger partial charge on any atom is 0.326 e. The third kappa shape index (κ3) is 5.69. The number of amides is 1. The van der Waals surface area contributed by atoms with Crippen molar-refractivity contribution >= 4 is 43.3 Å². The van der Waals surface area contributed by atoms with Crippen molar-refractivity contribution in [3.8, 4) is 5.75 Å². The van der Waals surface area contributed by atoms with Crippen LogP contribution in [0.2, 0.25) is 0 Å². The van der Waals surface area contributed by atoms with Crippen molar-refractivity contribution in [3.63, 3.8) is 0 Å². The first-order chi connectivity index (χ1) is 15.6. The largest absolute Gasteiger partial charge is 0.497 e. The molecule has 3 aromatic rings. The molecule has 0 aliphatic carbocycles. The van der Waals surface area contributed by atoms with Gasteiger partial charge < -0.3 is 14.0 Å². The van der Waals surface area contributed by atoms with Crippen LogP contribution < -0.4 is 9.54 Å². The van der Waals surface area contributed by atoms with Crippen molar-refractivity contribution in [2.24, 2.45) is 4.99 Å². The van der Waals surface area contributed by atoms with Gasteiger partial charge in [0.2, 0.25) is 0 Å². The number of carbonyl (C=O) groups excluding carboxylic acids is 2. The Labute approximate surface area is 196 Å². The Balaban J connectivity index is 1.92. The summed E-state index contributed by atoms with van der Waals surface area (Å²) in [5.41, 5.74) is 1.38. The van der Waals surface area contributed by atoms with Gasteiger partial charge in [0.05, 0.1) is 40.5 Å². The van der Waals surface area contributed by atoms with Crippen molar-refractivity contribution in [2.45, 2.75) is 43.9 Å². The lowest BCUT2D eigenvalue weighted by molar-refractivity contribution is -0.143. The van der Waals surface area contributed by atoms with Gasteiger partial charge in [0.1, 0.15) is 12.3 Å². The molecule has 2 aromatic carbocycles. The van der Waals surface area contributed by atoms with E-state index in [4.69, 9.17) is 9.47 Å². The lowest BCUT2D eigenvalue weighted by Gasteiger charge is -2.08. The lowest BCUT2D eigenvalue weighted by Crippen LogP contribution is -2.23. The molecule has 0 fully saturated rings. The number of esters is 1. The maximum absolute atomic E-state index is 12.7. The van der Waals surface area contributed by atoms with Crippen LogP contribution >= 0.6 is 11.3 Å². The van der Waals surface area contributed by atoms with E-state index in [0.717, 1.165) is 10.2 Å². The summed E-state index contributed by atoms with van der Waals surface area (Å²) in [6.07, 6.45) is -0.00101. The van der Waals surface area contributed by atoms with Crippen molar-refractivity contribution in [2.75, 3.05) is 13.7 Å². The average Bonchev–Trinajstić information content (AvgIpc) is 3.09. The molecule has 10 heteroatoms. The highest BCUT2D eigenvalue weighted by molar-refractivity contribution is 7.92. The van der Waals surface area contributed by atoms with Crippen LogP contribution in [0.25, 0.3) is 10.2 Å². The second-order valence-electron chi connectivity index (χ2n) is 7.53. The Morgan fingerprint density at radius 3 is 2.42 bits per heavy atom. The summed E-state index contributed by atoms with van der Waals surface area (Å²) in [7, 11) is -1.81. The second kappa shape index (κ2) is 10.3. The zero-order valence-electron chi connectivity index (χ0n) is 18.9. The minimum absolute atomic E-state index is 0.00101. The summed E-state index contributed by atoms with van der Waals surface area (Å²) in [4.78, 5) is 29.7. The van der Waals surface area contributed by atoms with Crippen LogP contribution in [0.1, 0.15) is 26.3 Å². The molecule has 0 radical (unpaired) electrons. The Kier molecular flexibility index (Phi) is 7.70. The van der Waals surface area contributed by atoms with Gasteiger partial charge in [0.25, 0.3) is 5.91 Å². The van der Waals surface area contributed by atoms with E-state index >= 15 is 0 Å². The molecule has 0 saturated carbocycles. The smallest absolute Gasteiger partial charge is 0.326 e. The van der Waals surface area contributed by atoms with E-state index in [1.807, 2.05) is 6.07 Å². The van der Waals surface area contributed by atoms with Crippen LogP contribution in [0, 0.1) is 0 Å². The molecule has 33 heavy (non-hydrogen) atoms. The number of ether oxygens (including phenoxy) is 2. The van der Waals surface area contributed by atoms with Crippen LogP contribution in [0.4, 0.5) is 0 Å². The summed E-state index contributed by atoms with van der Waals surface area (Å²) in [6, 6.07) is 11.6. The number of methoxy groups -OCH3 is 1. The van der Waals surface area contributed by atoms with Crippen LogP contribution in [-0.2, 0) is 37.1 Å². The molecule has 8 nitrogen and oxygen atoms in total. The molecule has 0 saturated heterocycles. The molecular weight excluding hydrogens is 464 g/mol. The van der Waals surface area contributed by atoms with E-state index in [1.165, 1.54) is 23.5 Å². The molecule has 0 unspecified atom stereocenters. The van der Waals surface area contributed by atoms with Gasteiger partial charge in [-0.15, -0.1) is 0 Å². The van der Waals surface area contributed by atoms with Gasteiger partial charge in [-0.2, -0.15) is 4.99 Å². The summed E-state index contributed by atoms with van der Waals surface area (Å²) in [5.74, 6) is -0.184. The SMILES string of the molecule is CCOC(=O)Cn1c(=NC(=O)Cc2ccc(S(=O)(=O)C(C)C)cc2)sc2cc(OC)ccc21. The highest BCUT2D eigenvalue weighted by Crippen LogP contribution is 2.23. The molecular formula is C23H26N2O6S2. The molecule has 1 heterocycles. The topological polar surface area (TPSA) is 104 Å². The summed E-state index contributed by atoms with van der Waals surface area (Å²) in [6.45, 7) is 5.15. The summed E-state index contributed by atoms with van der Waals surface area (Å²) < 4.78 is 37.3. The maximum atomic E-state index is 12.7. The van der Waals surface area contributed by atoms with Gasteiger partial charge in [-0.25, -0.2) is 8.42 Å². The Morgan fingerprint density at radius 1 is 1.12 bits per heavy atom. The molecule has 1 aromatic heterocycles. The fraction of sp³-hybridized carbons (Fsp3) is 0.348. The van der Waals surface area contributed by atoms with E-state index in [0.29, 0.717) is 16.1 Å². The highest BCUT2D eigenvalue weighted by Gasteiger charge is 2.19. The number of aromatic nitrogens is 1.